The Morgan fingerprint density at radius 3 is 2.40 bits per heavy atom. The van der Waals surface area contributed by atoms with E-state index in [9.17, 15) is 9.59 Å². The molecule has 132 valence electrons. The van der Waals surface area contributed by atoms with Crippen LogP contribution in [0.5, 0.6) is 0 Å². The average Bonchev–Trinajstić information content (AvgIpc) is 2.52. The molecule has 0 bridgehead atoms. The van der Waals surface area contributed by atoms with Gasteiger partial charge in [-0.1, -0.05) is 35.9 Å². The number of anilines is 1. The van der Waals surface area contributed by atoms with Crippen LogP contribution in [0.4, 0.5) is 10.5 Å². The van der Waals surface area contributed by atoms with Crippen LogP contribution in [-0.4, -0.2) is 17.5 Å². The van der Waals surface area contributed by atoms with E-state index in [2.05, 4.69) is 16.0 Å². The molecule has 0 aromatic heterocycles. The molecule has 0 aliphatic heterocycles. The topological polar surface area (TPSA) is 70.2 Å². The van der Waals surface area contributed by atoms with Gasteiger partial charge >= 0.3 is 6.03 Å². The van der Waals surface area contributed by atoms with Crippen LogP contribution in [-0.2, 0) is 6.54 Å². The first kappa shape index (κ1) is 18.5. The lowest BCUT2D eigenvalue weighted by molar-refractivity contribution is 0.0919. The van der Waals surface area contributed by atoms with E-state index >= 15 is 0 Å². The first-order valence-corrected chi connectivity index (χ1v) is 8.26. The number of amides is 3. The molecule has 0 unspecified atom stereocenters. The van der Waals surface area contributed by atoms with E-state index in [1.54, 1.807) is 24.3 Å². The molecule has 0 spiro atoms. The second-order valence-corrected chi connectivity index (χ2v) is 7.08. The molecule has 25 heavy (non-hydrogen) atoms. The van der Waals surface area contributed by atoms with Gasteiger partial charge in [0, 0.05) is 23.3 Å². The lowest BCUT2D eigenvalue weighted by Crippen LogP contribution is -2.40. The van der Waals surface area contributed by atoms with Crippen LogP contribution >= 0.6 is 0 Å². The first-order chi connectivity index (χ1) is 11.7. The highest BCUT2D eigenvalue weighted by Gasteiger charge is 2.15. The number of aryl methyl sites for hydroxylation is 1. The second-order valence-electron chi connectivity index (χ2n) is 7.08. The summed E-state index contributed by atoms with van der Waals surface area (Å²) < 4.78 is 0. The van der Waals surface area contributed by atoms with Gasteiger partial charge in [0.25, 0.3) is 5.91 Å². The van der Waals surface area contributed by atoms with Crippen molar-refractivity contribution in [3.63, 3.8) is 0 Å². The lowest BCUT2D eigenvalue weighted by Gasteiger charge is -2.20. The Morgan fingerprint density at radius 2 is 1.72 bits per heavy atom. The fraction of sp³-hybridized carbons (Fsp3) is 0.300. The SMILES string of the molecule is Cc1cccc(CNC(=O)Nc2cccc(C(=O)NC(C)(C)C)c2)c1. The third kappa shape index (κ3) is 6.30. The number of benzene rings is 2. The number of hydrogen-bond donors (Lipinski definition) is 3. The monoisotopic (exact) mass is 339 g/mol. The molecule has 0 radical (unpaired) electrons. The number of rotatable bonds is 4. The second kappa shape index (κ2) is 7.83. The molecule has 0 heterocycles. The number of nitrogens with one attached hydrogen (secondary N) is 3. The van der Waals surface area contributed by atoms with Crippen LogP contribution < -0.4 is 16.0 Å². The summed E-state index contributed by atoms with van der Waals surface area (Å²) in [4.78, 5) is 24.3. The van der Waals surface area contributed by atoms with Crippen LogP contribution in [0.3, 0.4) is 0 Å². The predicted octanol–water partition coefficient (Wildman–Crippen LogP) is 3.85. The van der Waals surface area contributed by atoms with Crippen molar-refractivity contribution < 1.29 is 9.59 Å². The normalized spacial score (nSPS) is 10.9. The Bertz CT molecular complexity index is 764. The Hall–Kier alpha value is -2.82. The van der Waals surface area contributed by atoms with Crippen molar-refractivity contribution in [3.8, 4) is 0 Å². The summed E-state index contributed by atoms with van der Waals surface area (Å²) in [6.45, 7) is 8.22. The number of hydrogen-bond acceptors (Lipinski definition) is 2. The summed E-state index contributed by atoms with van der Waals surface area (Å²) in [5, 5.41) is 8.47. The highest BCUT2D eigenvalue weighted by atomic mass is 16.2. The Kier molecular flexibility index (Phi) is 5.80. The van der Waals surface area contributed by atoms with Gasteiger partial charge in [-0.3, -0.25) is 4.79 Å². The maximum absolute atomic E-state index is 12.2. The molecule has 0 aliphatic carbocycles. The number of carbonyl (C=O) groups excluding carboxylic acids is 2. The van der Waals surface area contributed by atoms with E-state index in [1.807, 2.05) is 52.0 Å². The maximum atomic E-state index is 12.2. The van der Waals surface area contributed by atoms with E-state index in [1.165, 1.54) is 0 Å². The quantitative estimate of drug-likeness (QED) is 0.792. The van der Waals surface area contributed by atoms with Crippen molar-refractivity contribution in [2.24, 2.45) is 0 Å². The van der Waals surface area contributed by atoms with Gasteiger partial charge in [-0.15, -0.1) is 0 Å². The zero-order valence-corrected chi connectivity index (χ0v) is 15.1. The van der Waals surface area contributed by atoms with Gasteiger partial charge in [0.1, 0.15) is 0 Å². The molecule has 0 saturated heterocycles. The fourth-order valence-electron chi connectivity index (χ4n) is 2.33. The van der Waals surface area contributed by atoms with E-state index in [0.29, 0.717) is 17.8 Å². The maximum Gasteiger partial charge on any atom is 0.319 e. The molecule has 3 amide bonds. The van der Waals surface area contributed by atoms with Crippen LogP contribution in [0.15, 0.2) is 48.5 Å². The van der Waals surface area contributed by atoms with Gasteiger partial charge < -0.3 is 16.0 Å². The van der Waals surface area contributed by atoms with E-state index < -0.39 is 0 Å². The minimum Gasteiger partial charge on any atom is -0.347 e. The lowest BCUT2D eigenvalue weighted by atomic mass is 10.1. The fourth-order valence-corrected chi connectivity index (χ4v) is 2.33. The van der Waals surface area contributed by atoms with Gasteiger partial charge in [0.15, 0.2) is 0 Å². The summed E-state index contributed by atoms with van der Waals surface area (Å²) in [5.74, 6) is -0.170. The molecule has 0 atom stereocenters. The molecule has 2 aromatic rings. The Labute approximate surface area is 148 Å². The van der Waals surface area contributed by atoms with Crippen molar-refractivity contribution >= 4 is 17.6 Å². The molecule has 0 fully saturated rings. The molecule has 2 rings (SSSR count). The summed E-state index contributed by atoms with van der Waals surface area (Å²) in [7, 11) is 0. The average molecular weight is 339 g/mol. The van der Waals surface area contributed by atoms with Crippen molar-refractivity contribution in [2.45, 2.75) is 39.8 Å². The molecule has 0 aliphatic rings. The standard InChI is InChI=1S/C20H25N3O2/c1-14-7-5-8-15(11-14)13-21-19(25)22-17-10-6-9-16(12-17)18(24)23-20(2,3)4/h5-12H,13H2,1-4H3,(H,23,24)(H2,21,22,25). The van der Waals surface area contributed by atoms with Gasteiger partial charge in [-0.05, 0) is 51.5 Å². The van der Waals surface area contributed by atoms with E-state index in [-0.39, 0.29) is 17.5 Å². The molecule has 3 N–H and O–H groups in total. The van der Waals surface area contributed by atoms with Gasteiger partial charge in [-0.25, -0.2) is 4.79 Å². The Balaban J connectivity index is 1.94. The summed E-state index contributed by atoms with van der Waals surface area (Å²) >= 11 is 0. The van der Waals surface area contributed by atoms with Crippen molar-refractivity contribution in [2.75, 3.05) is 5.32 Å². The van der Waals surface area contributed by atoms with Crippen LogP contribution in [0.1, 0.15) is 42.3 Å². The summed E-state index contributed by atoms with van der Waals surface area (Å²) in [5.41, 5.74) is 2.95. The minimum atomic E-state index is -0.314. The molecule has 0 saturated carbocycles. The van der Waals surface area contributed by atoms with Crippen molar-refractivity contribution in [1.29, 1.82) is 0 Å². The molecule has 2 aromatic carbocycles. The number of urea groups is 1. The van der Waals surface area contributed by atoms with Gasteiger partial charge in [0.2, 0.25) is 0 Å². The van der Waals surface area contributed by atoms with Crippen LogP contribution in [0.2, 0.25) is 0 Å². The zero-order valence-electron chi connectivity index (χ0n) is 15.1. The van der Waals surface area contributed by atoms with E-state index in [4.69, 9.17) is 0 Å². The number of carbonyl (C=O) groups is 2. The molecule has 5 nitrogen and oxygen atoms in total. The largest absolute Gasteiger partial charge is 0.347 e. The molecule has 5 heteroatoms. The van der Waals surface area contributed by atoms with Crippen molar-refractivity contribution in [1.82, 2.24) is 10.6 Å². The Morgan fingerprint density at radius 1 is 1.00 bits per heavy atom. The third-order valence-corrected chi connectivity index (χ3v) is 3.41. The van der Waals surface area contributed by atoms with Crippen LogP contribution in [0.25, 0.3) is 0 Å². The van der Waals surface area contributed by atoms with E-state index in [0.717, 1.165) is 11.1 Å². The first-order valence-electron chi connectivity index (χ1n) is 8.26. The smallest absolute Gasteiger partial charge is 0.319 e. The highest BCUT2D eigenvalue weighted by Crippen LogP contribution is 2.12. The zero-order chi connectivity index (χ0) is 18.4. The predicted molar refractivity (Wildman–Crippen MR) is 101 cm³/mol. The minimum absolute atomic E-state index is 0.170. The van der Waals surface area contributed by atoms with Crippen molar-refractivity contribution in [3.05, 3.63) is 65.2 Å². The summed E-state index contributed by atoms with van der Waals surface area (Å²) in [6.07, 6.45) is 0. The van der Waals surface area contributed by atoms with Gasteiger partial charge in [-0.2, -0.15) is 0 Å². The third-order valence-electron chi connectivity index (χ3n) is 3.41. The van der Waals surface area contributed by atoms with Crippen LogP contribution in [0, 0.1) is 6.92 Å². The summed E-state index contributed by atoms with van der Waals surface area (Å²) in [6, 6.07) is 14.5. The van der Waals surface area contributed by atoms with Gasteiger partial charge in [0.05, 0.1) is 0 Å². The molecular formula is C20H25N3O2. The molecular weight excluding hydrogens is 314 g/mol. The highest BCUT2D eigenvalue weighted by molar-refractivity contribution is 5.97.